The Morgan fingerprint density at radius 2 is 1.97 bits per heavy atom. The molecule has 32 heavy (non-hydrogen) atoms. The van der Waals surface area contributed by atoms with E-state index in [-0.39, 0.29) is 11.0 Å². The van der Waals surface area contributed by atoms with Crippen LogP contribution in [0.3, 0.4) is 0 Å². The van der Waals surface area contributed by atoms with Crippen molar-refractivity contribution >= 4 is 26.5 Å². The molecule has 176 valence electrons. The Hall–Kier alpha value is -1.84. The van der Waals surface area contributed by atoms with Crippen molar-refractivity contribution < 1.29 is 26.3 Å². The maximum Gasteiger partial charge on any atom is 0.258 e. The monoisotopic (exact) mass is 470 g/mol. The Morgan fingerprint density at radius 3 is 2.53 bits per heavy atom. The van der Waals surface area contributed by atoms with E-state index in [0.29, 0.717) is 55.5 Å². The van der Waals surface area contributed by atoms with Gasteiger partial charge in [0.2, 0.25) is 10.0 Å². The predicted octanol–water partition coefficient (Wildman–Crippen LogP) is 5.02. The Labute approximate surface area is 186 Å². The number of fused-ring (bicyclic) bond motifs is 1. The Morgan fingerprint density at radius 1 is 1.25 bits per heavy atom. The first-order valence-electron chi connectivity index (χ1n) is 10.8. The van der Waals surface area contributed by atoms with Crippen molar-refractivity contribution in [3.05, 3.63) is 41.3 Å². The maximum absolute atomic E-state index is 15.2. The number of benzene rings is 1. The van der Waals surface area contributed by atoms with Gasteiger partial charge in [-0.3, -0.25) is 0 Å². The first-order chi connectivity index (χ1) is 15.0. The summed E-state index contributed by atoms with van der Waals surface area (Å²) in [6.45, 7) is 7.45. The van der Waals surface area contributed by atoms with Crippen molar-refractivity contribution in [1.29, 1.82) is 0 Å². The second-order valence-corrected chi connectivity index (χ2v) is 11.8. The smallest absolute Gasteiger partial charge is 0.258 e. The molecule has 0 radical (unpaired) electrons. The Balaban J connectivity index is 1.86. The molecule has 0 amide bonds. The van der Waals surface area contributed by atoms with Crippen LogP contribution in [0.5, 0.6) is 0 Å². The molecule has 0 saturated heterocycles. The lowest BCUT2D eigenvalue weighted by atomic mass is 9.96. The molecule has 2 heterocycles. The summed E-state index contributed by atoms with van der Waals surface area (Å²) in [5.41, 5.74) is 1.77. The van der Waals surface area contributed by atoms with E-state index in [0.717, 1.165) is 5.57 Å². The zero-order valence-electron chi connectivity index (χ0n) is 18.5. The molecule has 1 fully saturated rings. The van der Waals surface area contributed by atoms with Gasteiger partial charge in [0.05, 0.1) is 18.5 Å². The third-order valence-electron chi connectivity index (χ3n) is 5.80. The van der Waals surface area contributed by atoms with E-state index in [1.165, 1.54) is 6.07 Å². The average molecular weight is 471 g/mol. The highest BCUT2D eigenvalue weighted by atomic mass is 32.2. The van der Waals surface area contributed by atoms with Gasteiger partial charge in [-0.05, 0) is 42.4 Å². The third kappa shape index (κ3) is 4.89. The minimum Gasteiger partial charge on any atom is -0.377 e. The molecule has 1 unspecified atom stereocenters. The van der Waals surface area contributed by atoms with Crippen molar-refractivity contribution in [1.82, 2.24) is 9.29 Å². The SMILES string of the molecule is CC(C)(C)Cn1cc(C(NS(=O)(=O)C2CC2)C(F)F)c2cc(F)c(C3=CCOCC3)cc21. The largest absolute Gasteiger partial charge is 0.377 e. The molecule has 5 nitrogen and oxygen atoms in total. The van der Waals surface area contributed by atoms with Crippen LogP contribution in [-0.4, -0.2) is 37.9 Å². The lowest BCUT2D eigenvalue weighted by Crippen LogP contribution is -2.35. The molecule has 1 aliphatic carbocycles. The maximum atomic E-state index is 15.2. The van der Waals surface area contributed by atoms with Crippen LogP contribution in [0.15, 0.2) is 24.4 Å². The number of alkyl halides is 2. The molecule has 1 aromatic carbocycles. The molecule has 1 N–H and O–H groups in total. The normalized spacial score (nSPS) is 18.9. The van der Waals surface area contributed by atoms with Crippen LogP contribution >= 0.6 is 0 Å². The van der Waals surface area contributed by atoms with Crippen molar-refractivity contribution in [2.75, 3.05) is 13.2 Å². The highest BCUT2D eigenvalue weighted by Gasteiger charge is 2.40. The first-order valence-corrected chi connectivity index (χ1v) is 12.4. The number of nitrogens with zero attached hydrogens (tertiary/aromatic N) is 1. The molecular weight excluding hydrogens is 441 g/mol. The summed E-state index contributed by atoms with van der Waals surface area (Å²) in [5, 5.41) is -0.331. The topological polar surface area (TPSA) is 60.3 Å². The molecule has 0 bridgehead atoms. The van der Waals surface area contributed by atoms with Gasteiger partial charge in [-0.2, -0.15) is 0 Å². The summed E-state index contributed by atoms with van der Waals surface area (Å²) in [4.78, 5) is 0. The highest BCUT2D eigenvalue weighted by molar-refractivity contribution is 7.90. The number of aromatic nitrogens is 1. The van der Waals surface area contributed by atoms with E-state index in [2.05, 4.69) is 4.72 Å². The van der Waals surface area contributed by atoms with Crippen molar-refractivity contribution in [2.24, 2.45) is 5.41 Å². The van der Waals surface area contributed by atoms with E-state index in [1.807, 2.05) is 31.4 Å². The van der Waals surface area contributed by atoms with E-state index in [9.17, 15) is 17.2 Å². The molecule has 9 heteroatoms. The number of ether oxygens (including phenoxy) is 1. The minimum atomic E-state index is -3.87. The van der Waals surface area contributed by atoms with Gasteiger partial charge in [0.25, 0.3) is 6.43 Å². The van der Waals surface area contributed by atoms with E-state index >= 15 is 4.39 Å². The summed E-state index contributed by atoms with van der Waals surface area (Å²) < 4.78 is 77.6. The number of rotatable bonds is 7. The van der Waals surface area contributed by atoms with E-state index in [4.69, 9.17) is 4.74 Å². The standard InChI is InChI=1S/C23H29F3N2O3S/c1-23(2,3)13-28-12-18(21(22(25)26)27-32(29,30)15-4-5-15)17-10-19(24)16(11-20(17)28)14-6-8-31-9-7-14/h6,10-12,15,21-22,27H,4-5,7-9,13H2,1-3H3. The molecule has 1 aliphatic heterocycles. The fourth-order valence-electron chi connectivity index (χ4n) is 4.15. The van der Waals surface area contributed by atoms with Crippen molar-refractivity contribution in [3.63, 3.8) is 0 Å². The average Bonchev–Trinajstić information content (AvgIpc) is 3.51. The van der Waals surface area contributed by atoms with Crippen LogP contribution in [0.1, 0.15) is 57.2 Å². The molecule has 4 rings (SSSR count). The van der Waals surface area contributed by atoms with Gasteiger partial charge in [-0.25, -0.2) is 26.3 Å². The van der Waals surface area contributed by atoms with Gasteiger partial charge < -0.3 is 9.30 Å². The van der Waals surface area contributed by atoms with Crippen molar-refractivity contribution in [3.8, 4) is 0 Å². The molecule has 1 saturated carbocycles. The lowest BCUT2D eigenvalue weighted by molar-refractivity contribution is 0.109. The van der Waals surface area contributed by atoms with Gasteiger partial charge in [0, 0.05) is 34.8 Å². The lowest BCUT2D eigenvalue weighted by Gasteiger charge is -2.20. The number of hydrogen-bond acceptors (Lipinski definition) is 3. The summed E-state index contributed by atoms with van der Waals surface area (Å²) in [5.74, 6) is -0.515. The van der Waals surface area contributed by atoms with Crippen LogP contribution < -0.4 is 4.72 Å². The fourth-order valence-corrected chi connectivity index (χ4v) is 5.68. The van der Waals surface area contributed by atoms with Crippen molar-refractivity contribution in [2.45, 2.75) is 64.3 Å². The number of hydrogen-bond donors (Lipinski definition) is 1. The van der Waals surface area contributed by atoms with Gasteiger partial charge >= 0.3 is 0 Å². The van der Waals surface area contributed by atoms with Crippen LogP contribution in [0.4, 0.5) is 13.2 Å². The Bertz CT molecular complexity index is 1150. The molecule has 2 aromatic rings. The number of sulfonamides is 1. The van der Waals surface area contributed by atoms with Crippen LogP contribution in [0, 0.1) is 11.2 Å². The second-order valence-electron chi connectivity index (χ2n) is 9.85. The highest BCUT2D eigenvalue weighted by Crippen LogP contribution is 2.37. The number of halogens is 3. The van der Waals surface area contributed by atoms with Gasteiger partial charge in [0.15, 0.2) is 0 Å². The third-order valence-corrected chi connectivity index (χ3v) is 7.73. The fraction of sp³-hybridized carbons (Fsp3) is 0.565. The quantitative estimate of drug-likeness (QED) is 0.618. The van der Waals surface area contributed by atoms with E-state index < -0.39 is 33.6 Å². The predicted molar refractivity (Wildman–Crippen MR) is 119 cm³/mol. The van der Waals surface area contributed by atoms with Gasteiger partial charge in [-0.1, -0.05) is 26.8 Å². The first kappa shape index (κ1) is 23.3. The van der Waals surface area contributed by atoms with Gasteiger partial charge in [-0.15, -0.1) is 0 Å². The molecule has 1 aromatic heterocycles. The Kier molecular flexibility index (Phi) is 6.19. The molecule has 0 spiro atoms. The zero-order chi connectivity index (χ0) is 23.3. The second kappa shape index (κ2) is 8.50. The van der Waals surface area contributed by atoms with Crippen LogP contribution in [0.25, 0.3) is 16.5 Å². The summed E-state index contributed by atoms with van der Waals surface area (Å²) in [6.07, 6.45) is 1.90. The molecule has 1 atom stereocenters. The van der Waals surface area contributed by atoms with Crippen LogP contribution in [0.2, 0.25) is 0 Å². The van der Waals surface area contributed by atoms with Crippen LogP contribution in [-0.2, 0) is 21.3 Å². The molecule has 2 aliphatic rings. The summed E-state index contributed by atoms with van der Waals surface area (Å²) >= 11 is 0. The van der Waals surface area contributed by atoms with E-state index in [1.54, 1.807) is 12.3 Å². The summed E-state index contributed by atoms with van der Waals surface area (Å²) in [7, 11) is -3.87. The number of nitrogens with one attached hydrogen (secondary N) is 1. The minimum absolute atomic E-state index is 0.0925. The zero-order valence-corrected chi connectivity index (χ0v) is 19.3. The van der Waals surface area contributed by atoms with Gasteiger partial charge in [0.1, 0.15) is 11.9 Å². The molecular formula is C23H29F3N2O3S. The summed E-state index contributed by atoms with van der Waals surface area (Å²) in [6, 6.07) is 1.21.